The molecule has 5 nitrogen and oxygen atoms in total. The summed E-state index contributed by atoms with van der Waals surface area (Å²) in [6.07, 6.45) is 2.00. The molecule has 1 amide bonds. The summed E-state index contributed by atoms with van der Waals surface area (Å²) in [5, 5.41) is 6.44. The summed E-state index contributed by atoms with van der Waals surface area (Å²) in [6.45, 7) is 10.5. The normalized spacial score (nSPS) is 19.2. The molecule has 0 aliphatic carbocycles. The molecule has 1 fully saturated rings. The lowest BCUT2D eigenvalue weighted by atomic mass is 9.99. The van der Waals surface area contributed by atoms with E-state index in [1.165, 1.54) is 0 Å². The van der Waals surface area contributed by atoms with E-state index in [1.807, 2.05) is 13.8 Å². The van der Waals surface area contributed by atoms with Crippen molar-refractivity contribution in [3.8, 4) is 0 Å². The number of rotatable bonds is 7. The molecule has 1 aliphatic heterocycles. The molecule has 1 rings (SSSR count). The molecule has 0 saturated carbocycles. The molecule has 1 saturated heterocycles. The third-order valence-corrected chi connectivity index (χ3v) is 3.80. The lowest BCUT2D eigenvalue weighted by Crippen LogP contribution is -2.61. The average molecular weight is 271 g/mol. The standard InChI is InChI=1S/C14H29N3O2/c1-5-6-12(11-19-4)16-13(18)14(2,3)17-9-7-15-8-10-17/h12,15H,5-11H2,1-4H3,(H,16,18). The molecule has 2 N–H and O–H groups in total. The van der Waals surface area contributed by atoms with Gasteiger partial charge in [-0.05, 0) is 20.3 Å². The van der Waals surface area contributed by atoms with Gasteiger partial charge in [0.25, 0.3) is 0 Å². The quantitative estimate of drug-likeness (QED) is 0.712. The monoisotopic (exact) mass is 271 g/mol. The van der Waals surface area contributed by atoms with Crippen LogP contribution < -0.4 is 10.6 Å². The van der Waals surface area contributed by atoms with Crippen molar-refractivity contribution in [3.63, 3.8) is 0 Å². The molecular formula is C14H29N3O2. The Morgan fingerprint density at radius 2 is 2.05 bits per heavy atom. The van der Waals surface area contributed by atoms with Crippen LogP contribution in [0.3, 0.4) is 0 Å². The topological polar surface area (TPSA) is 53.6 Å². The number of hydrogen-bond donors (Lipinski definition) is 2. The fourth-order valence-electron chi connectivity index (χ4n) is 2.48. The fraction of sp³-hybridized carbons (Fsp3) is 0.929. The summed E-state index contributed by atoms with van der Waals surface area (Å²) in [5.74, 6) is 0.102. The van der Waals surface area contributed by atoms with Gasteiger partial charge < -0.3 is 15.4 Å². The van der Waals surface area contributed by atoms with Crippen molar-refractivity contribution in [1.29, 1.82) is 0 Å². The first-order valence-electron chi connectivity index (χ1n) is 7.28. The Morgan fingerprint density at radius 3 is 2.58 bits per heavy atom. The second-order valence-corrected chi connectivity index (χ2v) is 5.71. The van der Waals surface area contributed by atoms with Gasteiger partial charge in [-0.2, -0.15) is 0 Å². The number of nitrogens with zero attached hydrogens (tertiary/aromatic N) is 1. The van der Waals surface area contributed by atoms with Crippen LogP contribution in [-0.4, -0.2) is 62.3 Å². The van der Waals surface area contributed by atoms with Crippen molar-refractivity contribution < 1.29 is 9.53 Å². The highest BCUT2D eigenvalue weighted by molar-refractivity contribution is 5.85. The second kappa shape index (κ2) is 7.82. The van der Waals surface area contributed by atoms with Gasteiger partial charge in [0.15, 0.2) is 0 Å². The lowest BCUT2D eigenvalue weighted by Gasteiger charge is -2.40. The minimum absolute atomic E-state index is 0.102. The van der Waals surface area contributed by atoms with Crippen LogP contribution in [0, 0.1) is 0 Å². The van der Waals surface area contributed by atoms with Gasteiger partial charge in [0, 0.05) is 33.3 Å². The van der Waals surface area contributed by atoms with Crippen molar-refractivity contribution in [1.82, 2.24) is 15.5 Å². The molecular weight excluding hydrogens is 242 g/mol. The summed E-state index contributed by atoms with van der Waals surface area (Å²) in [6, 6.07) is 0.115. The first-order chi connectivity index (χ1) is 9.02. The summed E-state index contributed by atoms with van der Waals surface area (Å²) < 4.78 is 5.18. The van der Waals surface area contributed by atoms with E-state index in [0.29, 0.717) is 6.61 Å². The van der Waals surface area contributed by atoms with Gasteiger partial charge in [-0.25, -0.2) is 0 Å². The van der Waals surface area contributed by atoms with Crippen LogP contribution in [0.15, 0.2) is 0 Å². The van der Waals surface area contributed by atoms with E-state index in [2.05, 4.69) is 22.5 Å². The first kappa shape index (κ1) is 16.4. The molecule has 1 heterocycles. The Hall–Kier alpha value is -0.650. The van der Waals surface area contributed by atoms with Gasteiger partial charge in [-0.1, -0.05) is 13.3 Å². The molecule has 0 aromatic rings. The van der Waals surface area contributed by atoms with Crippen molar-refractivity contribution in [2.75, 3.05) is 39.9 Å². The van der Waals surface area contributed by atoms with Crippen LogP contribution in [0.1, 0.15) is 33.6 Å². The summed E-state index contributed by atoms with van der Waals surface area (Å²) in [5.41, 5.74) is -0.457. The minimum atomic E-state index is -0.457. The van der Waals surface area contributed by atoms with Gasteiger partial charge in [-0.15, -0.1) is 0 Å². The van der Waals surface area contributed by atoms with E-state index in [-0.39, 0.29) is 11.9 Å². The molecule has 112 valence electrons. The molecule has 1 aliphatic rings. The SMILES string of the molecule is CCCC(COC)NC(=O)C(C)(C)N1CCNCC1. The number of nitrogens with one attached hydrogen (secondary N) is 2. The minimum Gasteiger partial charge on any atom is -0.383 e. The Balaban J connectivity index is 2.57. The van der Waals surface area contributed by atoms with E-state index >= 15 is 0 Å². The molecule has 0 aromatic carbocycles. The molecule has 0 spiro atoms. The molecule has 0 aromatic heterocycles. The number of piperazine rings is 1. The highest BCUT2D eigenvalue weighted by atomic mass is 16.5. The number of methoxy groups -OCH3 is 1. The maximum Gasteiger partial charge on any atom is 0.240 e. The van der Waals surface area contributed by atoms with Crippen molar-refractivity contribution in [2.45, 2.75) is 45.2 Å². The van der Waals surface area contributed by atoms with Crippen LogP contribution in [0.2, 0.25) is 0 Å². The van der Waals surface area contributed by atoms with Gasteiger partial charge in [-0.3, -0.25) is 9.69 Å². The van der Waals surface area contributed by atoms with Gasteiger partial charge in [0.05, 0.1) is 18.2 Å². The van der Waals surface area contributed by atoms with Crippen LogP contribution in [0.25, 0.3) is 0 Å². The number of amides is 1. The van der Waals surface area contributed by atoms with Gasteiger partial charge in [0.1, 0.15) is 0 Å². The van der Waals surface area contributed by atoms with Crippen LogP contribution in [0.4, 0.5) is 0 Å². The highest BCUT2D eigenvalue weighted by Crippen LogP contribution is 2.16. The smallest absolute Gasteiger partial charge is 0.240 e. The Labute approximate surface area is 117 Å². The van der Waals surface area contributed by atoms with Crippen molar-refractivity contribution in [3.05, 3.63) is 0 Å². The fourth-order valence-corrected chi connectivity index (χ4v) is 2.48. The highest BCUT2D eigenvalue weighted by Gasteiger charge is 2.35. The van der Waals surface area contributed by atoms with E-state index in [1.54, 1.807) is 7.11 Å². The zero-order chi connectivity index (χ0) is 14.3. The summed E-state index contributed by atoms with van der Waals surface area (Å²) in [7, 11) is 1.68. The second-order valence-electron chi connectivity index (χ2n) is 5.71. The molecule has 0 bridgehead atoms. The molecule has 19 heavy (non-hydrogen) atoms. The first-order valence-corrected chi connectivity index (χ1v) is 7.28. The van der Waals surface area contributed by atoms with E-state index in [0.717, 1.165) is 39.0 Å². The zero-order valence-electron chi connectivity index (χ0n) is 12.8. The number of carbonyl (C=O) groups excluding carboxylic acids is 1. The molecule has 5 heteroatoms. The van der Waals surface area contributed by atoms with E-state index in [4.69, 9.17) is 4.74 Å². The maximum atomic E-state index is 12.5. The number of hydrogen-bond acceptors (Lipinski definition) is 4. The summed E-state index contributed by atoms with van der Waals surface area (Å²) >= 11 is 0. The van der Waals surface area contributed by atoms with E-state index < -0.39 is 5.54 Å². The predicted molar refractivity (Wildman–Crippen MR) is 77.2 cm³/mol. The third kappa shape index (κ3) is 4.75. The number of ether oxygens (including phenoxy) is 1. The Kier molecular flexibility index (Phi) is 6.75. The molecule has 0 radical (unpaired) electrons. The van der Waals surface area contributed by atoms with Crippen LogP contribution in [-0.2, 0) is 9.53 Å². The summed E-state index contributed by atoms with van der Waals surface area (Å²) in [4.78, 5) is 14.7. The third-order valence-electron chi connectivity index (χ3n) is 3.80. The van der Waals surface area contributed by atoms with Crippen LogP contribution in [0.5, 0.6) is 0 Å². The average Bonchev–Trinajstić information content (AvgIpc) is 2.40. The van der Waals surface area contributed by atoms with Gasteiger partial charge >= 0.3 is 0 Å². The number of carbonyl (C=O) groups is 1. The van der Waals surface area contributed by atoms with Crippen molar-refractivity contribution >= 4 is 5.91 Å². The van der Waals surface area contributed by atoms with Crippen molar-refractivity contribution in [2.24, 2.45) is 0 Å². The predicted octanol–water partition coefficient (Wildman–Crippen LogP) is 0.602. The Bertz CT molecular complexity index is 270. The maximum absolute atomic E-state index is 12.5. The Morgan fingerprint density at radius 1 is 1.42 bits per heavy atom. The molecule has 1 atom stereocenters. The molecule has 1 unspecified atom stereocenters. The van der Waals surface area contributed by atoms with Gasteiger partial charge in [0.2, 0.25) is 5.91 Å². The zero-order valence-corrected chi connectivity index (χ0v) is 12.8. The van der Waals surface area contributed by atoms with Crippen LogP contribution >= 0.6 is 0 Å². The van der Waals surface area contributed by atoms with E-state index in [9.17, 15) is 4.79 Å². The lowest BCUT2D eigenvalue weighted by molar-refractivity contribution is -0.133. The largest absolute Gasteiger partial charge is 0.383 e.